The predicted octanol–water partition coefficient (Wildman–Crippen LogP) is 2.29. The molecule has 4 heteroatoms. The fraction of sp³-hybridized carbons (Fsp3) is 0.538. The highest BCUT2D eigenvalue weighted by atomic mass is 19.1. The van der Waals surface area contributed by atoms with E-state index in [1.807, 2.05) is 0 Å². The van der Waals surface area contributed by atoms with Crippen LogP contribution in [0.4, 0.5) is 4.39 Å². The third kappa shape index (κ3) is 3.17. The summed E-state index contributed by atoms with van der Waals surface area (Å²) in [6.45, 7) is 3.58. The van der Waals surface area contributed by atoms with Crippen LogP contribution in [0.1, 0.15) is 25.0 Å². The van der Waals surface area contributed by atoms with E-state index in [1.54, 1.807) is 12.1 Å². The first kappa shape index (κ1) is 12.3. The molecule has 0 amide bonds. The lowest BCUT2D eigenvalue weighted by atomic mass is 10.1. The molecule has 0 radical (unpaired) electrons. The van der Waals surface area contributed by atoms with Crippen molar-refractivity contribution < 1.29 is 19.0 Å². The zero-order chi connectivity index (χ0) is 12.3. The van der Waals surface area contributed by atoms with Crippen molar-refractivity contribution in [1.82, 2.24) is 0 Å². The van der Waals surface area contributed by atoms with Gasteiger partial charge in [-0.2, -0.15) is 0 Å². The summed E-state index contributed by atoms with van der Waals surface area (Å²) in [7, 11) is 0. The molecule has 1 N–H and O–H groups in total. The van der Waals surface area contributed by atoms with E-state index < -0.39 is 11.9 Å². The molecule has 0 aromatic heterocycles. The summed E-state index contributed by atoms with van der Waals surface area (Å²) in [5, 5.41) is 9.30. The highest BCUT2D eigenvalue weighted by molar-refractivity contribution is 5.30. The molecule has 17 heavy (non-hydrogen) atoms. The lowest BCUT2D eigenvalue weighted by molar-refractivity contribution is 0.166. The summed E-state index contributed by atoms with van der Waals surface area (Å²) < 4.78 is 24.3. The molecule has 0 bridgehead atoms. The van der Waals surface area contributed by atoms with Gasteiger partial charge in [0.05, 0.1) is 19.3 Å². The molecule has 1 aromatic carbocycles. The quantitative estimate of drug-likeness (QED) is 0.877. The number of aliphatic hydroxyl groups excluding tert-OH is 1. The molecule has 0 saturated carbocycles. The largest absolute Gasteiger partial charge is 0.493 e. The van der Waals surface area contributed by atoms with Crippen molar-refractivity contribution in [2.24, 2.45) is 5.92 Å². The Morgan fingerprint density at radius 1 is 1.59 bits per heavy atom. The van der Waals surface area contributed by atoms with E-state index in [9.17, 15) is 9.50 Å². The number of ether oxygens (including phenoxy) is 2. The molecule has 1 aliphatic heterocycles. The molecule has 1 heterocycles. The van der Waals surface area contributed by atoms with Crippen LogP contribution in [0.2, 0.25) is 0 Å². The second kappa shape index (κ2) is 5.47. The van der Waals surface area contributed by atoms with Gasteiger partial charge in [0.25, 0.3) is 0 Å². The van der Waals surface area contributed by atoms with Gasteiger partial charge in [-0.25, -0.2) is 4.39 Å². The van der Waals surface area contributed by atoms with E-state index in [2.05, 4.69) is 0 Å². The standard InChI is InChI=1S/C13H17FO3/c1-9(15)12-3-2-11(6-13(12)14)17-8-10-4-5-16-7-10/h2-3,6,9-10,15H,4-5,7-8H2,1H3/t9-,10?/m0/s1. The lowest BCUT2D eigenvalue weighted by Gasteiger charge is -2.12. The maximum atomic E-state index is 13.5. The summed E-state index contributed by atoms with van der Waals surface area (Å²) in [4.78, 5) is 0. The molecular weight excluding hydrogens is 223 g/mol. The number of halogens is 1. The van der Waals surface area contributed by atoms with Crippen molar-refractivity contribution in [1.29, 1.82) is 0 Å². The zero-order valence-corrected chi connectivity index (χ0v) is 9.86. The van der Waals surface area contributed by atoms with Gasteiger partial charge in [-0.3, -0.25) is 0 Å². The molecule has 94 valence electrons. The van der Waals surface area contributed by atoms with Gasteiger partial charge in [0.15, 0.2) is 0 Å². The second-order valence-electron chi connectivity index (χ2n) is 4.40. The third-order valence-corrected chi connectivity index (χ3v) is 2.93. The van der Waals surface area contributed by atoms with Crippen LogP contribution in [0.5, 0.6) is 5.75 Å². The first-order chi connectivity index (χ1) is 8.16. The van der Waals surface area contributed by atoms with Crippen LogP contribution in [0.25, 0.3) is 0 Å². The maximum absolute atomic E-state index is 13.5. The van der Waals surface area contributed by atoms with E-state index >= 15 is 0 Å². The van der Waals surface area contributed by atoms with Crippen LogP contribution in [0, 0.1) is 11.7 Å². The van der Waals surface area contributed by atoms with Crippen LogP contribution >= 0.6 is 0 Å². The monoisotopic (exact) mass is 240 g/mol. The Labute approximate surface area is 100 Å². The van der Waals surface area contributed by atoms with E-state index in [-0.39, 0.29) is 0 Å². The maximum Gasteiger partial charge on any atom is 0.132 e. The number of aliphatic hydroxyl groups is 1. The van der Waals surface area contributed by atoms with E-state index in [4.69, 9.17) is 9.47 Å². The van der Waals surface area contributed by atoms with Crippen molar-refractivity contribution >= 4 is 0 Å². The van der Waals surface area contributed by atoms with Crippen LogP contribution in [-0.2, 0) is 4.74 Å². The van der Waals surface area contributed by atoms with Crippen LogP contribution in [0.15, 0.2) is 18.2 Å². The van der Waals surface area contributed by atoms with Crippen molar-refractivity contribution in [2.45, 2.75) is 19.4 Å². The van der Waals surface area contributed by atoms with Crippen molar-refractivity contribution in [3.8, 4) is 5.75 Å². The zero-order valence-electron chi connectivity index (χ0n) is 9.86. The smallest absolute Gasteiger partial charge is 0.132 e. The lowest BCUT2D eigenvalue weighted by Crippen LogP contribution is -2.11. The Morgan fingerprint density at radius 2 is 2.41 bits per heavy atom. The summed E-state index contributed by atoms with van der Waals surface area (Å²) in [5.74, 6) is 0.466. The normalized spacial score (nSPS) is 21.5. The minimum absolute atomic E-state index is 0.293. The molecule has 1 fully saturated rings. The molecule has 0 spiro atoms. The van der Waals surface area contributed by atoms with Gasteiger partial charge >= 0.3 is 0 Å². The molecule has 2 atom stereocenters. The van der Waals surface area contributed by atoms with E-state index in [0.29, 0.717) is 30.4 Å². The Kier molecular flexibility index (Phi) is 3.97. The molecule has 1 aromatic rings. The van der Waals surface area contributed by atoms with Gasteiger partial charge in [-0.15, -0.1) is 0 Å². The van der Waals surface area contributed by atoms with Crippen molar-refractivity contribution in [3.63, 3.8) is 0 Å². The number of hydrogen-bond acceptors (Lipinski definition) is 3. The van der Waals surface area contributed by atoms with Crippen LogP contribution in [-0.4, -0.2) is 24.9 Å². The third-order valence-electron chi connectivity index (χ3n) is 2.93. The average Bonchev–Trinajstić information content (AvgIpc) is 2.78. The summed E-state index contributed by atoms with van der Waals surface area (Å²) in [5.41, 5.74) is 0.293. The Balaban J connectivity index is 1.94. The predicted molar refractivity (Wildman–Crippen MR) is 61.5 cm³/mol. The first-order valence-electron chi connectivity index (χ1n) is 5.85. The van der Waals surface area contributed by atoms with E-state index in [1.165, 1.54) is 13.0 Å². The molecule has 1 saturated heterocycles. The van der Waals surface area contributed by atoms with Gasteiger partial charge in [0.2, 0.25) is 0 Å². The Bertz CT molecular complexity index is 373. The molecule has 1 unspecified atom stereocenters. The highest BCUT2D eigenvalue weighted by Gasteiger charge is 2.16. The molecular formula is C13H17FO3. The summed E-state index contributed by atoms with van der Waals surface area (Å²) >= 11 is 0. The number of rotatable bonds is 4. The van der Waals surface area contributed by atoms with Gasteiger partial charge in [0.1, 0.15) is 11.6 Å². The highest BCUT2D eigenvalue weighted by Crippen LogP contribution is 2.22. The SMILES string of the molecule is C[C@H](O)c1ccc(OCC2CCOC2)cc1F. The Hall–Kier alpha value is -1.13. The average molecular weight is 240 g/mol. The van der Waals surface area contributed by atoms with Crippen LogP contribution in [0.3, 0.4) is 0 Å². The first-order valence-corrected chi connectivity index (χ1v) is 5.85. The number of hydrogen-bond donors (Lipinski definition) is 1. The number of benzene rings is 1. The van der Waals surface area contributed by atoms with E-state index in [0.717, 1.165) is 13.0 Å². The van der Waals surface area contributed by atoms with Gasteiger partial charge < -0.3 is 14.6 Å². The van der Waals surface area contributed by atoms with Gasteiger partial charge in [-0.1, -0.05) is 0 Å². The van der Waals surface area contributed by atoms with Crippen LogP contribution < -0.4 is 4.74 Å². The second-order valence-corrected chi connectivity index (χ2v) is 4.40. The Morgan fingerprint density at radius 3 is 3.00 bits per heavy atom. The van der Waals surface area contributed by atoms with Crippen molar-refractivity contribution in [3.05, 3.63) is 29.6 Å². The van der Waals surface area contributed by atoms with Gasteiger partial charge in [-0.05, 0) is 25.5 Å². The summed E-state index contributed by atoms with van der Waals surface area (Å²) in [6, 6.07) is 4.55. The molecule has 1 aliphatic rings. The fourth-order valence-electron chi connectivity index (χ4n) is 1.87. The van der Waals surface area contributed by atoms with Gasteiger partial charge in [0, 0.05) is 24.2 Å². The van der Waals surface area contributed by atoms with Crippen molar-refractivity contribution in [2.75, 3.05) is 19.8 Å². The topological polar surface area (TPSA) is 38.7 Å². The minimum atomic E-state index is -0.799. The molecule has 3 nitrogen and oxygen atoms in total. The minimum Gasteiger partial charge on any atom is -0.493 e. The fourth-order valence-corrected chi connectivity index (χ4v) is 1.87. The molecule has 0 aliphatic carbocycles. The molecule has 2 rings (SSSR count). The summed E-state index contributed by atoms with van der Waals surface area (Å²) in [6.07, 6.45) is 0.195.